The first-order chi connectivity index (χ1) is 12.3. The van der Waals surface area contributed by atoms with Gasteiger partial charge >= 0.3 is 14.2 Å². The molecule has 7 heteroatoms. The largest absolute Gasteiger partial charge is 0.489 e. The lowest BCUT2D eigenvalue weighted by Gasteiger charge is -2.32. The van der Waals surface area contributed by atoms with E-state index in [1.165, 1.54) is 0 Å². The maximum atomic E-state index is 10.7. The zero-order valence-corrected chi connectivity index (χ0v) is 18.3. The van der Waals surface area contributed by atoms with Crippen LogP contribution >= 0.6 is 0 Å². The fourth-order valence-corrected chi connectivity index (χ4v) is 3.97. The summed E-state index contributed by atoms with van der Waals surface area (Å²) in [6.07, 6.45) is 3.51. The van der Waals surface area contributed by atoms with Crippen molar-refractivity contribution >= 4 is 14.2 Å². The predicted octanol–water partition coefficient (Wildman–Crippen LogP) is 3.73. The minimum atomic E-state index is -0.494. The maximum absolute atomic E-state index is 10.7. The average Bonchev–Trinajstić information content (AvgIpc) is 2.85. The Hall–Kier alpha value is -0.330. The Labute approximate surface area is 165 Å². The van der Waals surface area contributed by atoms with Crippen molar-refractivity contribution in [3.8, 4) is 0 Å². The lowest BCUT2D eigenvalue weighted by molar-refractivity contribution is 0.00578. The van der Waals surface area contributed by atoms with Crippen molar-refractivity contribution in [2.24, 2.45) is 5.92 Å². The first-order valence-electron chi connectivity index (χ1n) is 10.4. The van der Waals surface area contributed by atoms with E-state index in [1.54, 1.807) is 0 Å². The van der Waals surface area contributed by atoms with Crippen molar-refractivity contribution in [2.45, 2.75) is 110 Å². The quantitative estimate of drug-likeness (QED) is 0.759. The highest BCUT2D eigenvalue weighted by atomic mass is 16.7. The highest BCUT2D eigenvalue weighted by Gasteiger charge is 2.55. The van der Waals surface area contributed by atoms with E-state index in [0.29, 0.717) is 0 Å². The summed E-state index contributed by atoms with van der Waals surface area (Å²) in [4.78, 5) is 0. The molecule has 3 rings (SSSR count). The van der Waals surface area contributed by atoms with E-state index >= 15 is 0 Å². The lowest BCUT2D eigenvalue weighted by atomic mass is 9.62. The minimum Gasteiger partial charge on any atom is -0.400 e. The molecular weight excluding hydrogens is 342 g/mol. The summed E-state index contributed by atoms with van der Waals surface area (Å²) >= 11 is 0. The average molecular weight is 378 g/mol. The first-order valence-corrected chi connectivity index (χ1v) is 10.4. The molecule has 1 N–H and O–H groups in total. The van der Waals surface area contributed by atoms with Crippen LogP contribution in [0.1, 0.15) is 81.1 Å². The molecule has 0 unspecified atom stereocenters. The van der Waals surface area contributed by atoms with Crippen molar-refractivity contribution in [3.63, 3.8) is 0 Å². The zero-order chi connectivity index (χ0) is 20.3. The third-order valence-corrected chi connectivity index (χ3v) is 7.28. The van der Waals surface area contributed by atoms with Gasteiger partial charge < -0.3 is 23.7 Å². The van der Waals surface area contributed by atoms with Crippen molar-refractivity contribution in [1.82, 2.24) is 0 Å². The van der Waals surface area contributed by atoms with Crippen molar-refractivity contribution in [1.29, 1.82) is 0 Å². The van der Waals surface area contributed by atoms with Gasteiger partial charge in [-0.25, -0.2) is 0 Å². The van der Waals surface area contributed by atoms with Crippen LogP contribution in [0.5, 0.6) is 0 Å². The topological polar surface area (TPSA) is 57.2 Å². The van der Waals surface area contributed by atoms with Gasteiger partial charge in [-0.3, -0.25) is 0 Å². The van der Waals surface area contributed by atoms with Crippen LogP contribution in [-0.4, -0.2) is 47.9 Å². The Balaban J connectivity index is 1.92. The fourth-order valence-electron chi connectivity index (χ4n) is 3.97. The Kier molecular flexibility index (Phi) is 5.44. The molecule has 2 aliphatic heterocycles. The summed E-state index contributed by atoms with van der Waals surface area (Å²) in [7, 11) is -0.968. The van der Waals surface area contributed by atoms with Crippen molar-refractivity contribution in [2.75, 3.05) is 0 Å². The first kappa shape index (κ1) is 21.4. The predicted molar refractivity (Wildman–Crippen MR) is 108 cm³/mol. The highest BCUT2D eigenvalue weighted by Crippen LogP contribution is 2.43. The summed E-state index contributed by atoms with van der Waals surface area (Å²) in [6, 6.07) is 0. The van der Waals surface area contributed by atoms with Crippen LogP contribution in [-0.2, 0) is 18.6 Å². The molecule has 2 heterocycles. The molecule has 27 heavy (non-hydrogen) atoms. The highest BCUT2D eigenvalue weighted by molar-refractivity contribution is 6.60. The van der Waals surface area contributed by atoms with Crippen LogP contribution in [0.25, 0.3) is 0 Å². The molecule has 5 nitrogen and oxygen atoms in total. The number of rotatable bonds is 3. The van der Waals surface area contributed by atoms with Gasteiger partial charge in [-0.15, -0.1) is 0 Å². The lowest BCUT2D eigenvalue weighted by Crippen LogP contribution is -2.41. The Bertz CT molecular complexity index is 567. The van der Waals surface area contributed by atoms with Crippen LogP contribution in [0.2, 0.25) is 0 Å². The van der Waals surface area contributed by atoms with Crippen LogP contribution in [0.4, 0.5) is 0 Å². The molecule has 0 radical (unpaired) electrons. The van der Waals surface area contributed by atoms with Gasteiger partial charge in [0, 0.05) is 5.92 Å². The van der Waals surface area contributed by atoms with Gasteiger partial charge in [0.15, 0.2) is 0 Å². The monoisotopic (exact) mass is 378 g/mol. The smallest absolute Gasteiger partial charge is 0.400 e. The van der Waals surface area contributed by atoms with Crippen molar-refractivity contribution in [3.05, 3.63) is 11.4 Å². The number of hydrogen-bond donors (Lipinski definition) is 1. The Morgan fingerprint density at radius 2 is 1.22 bits per heavy atom. The summed E-state index contributed by atoms with van der Waals surface area (Å²) in [5.74, 6) is 2.00. The summed E-state index contributed by atoms with van der Waals surface area (Å²) in [6.45, 7) is 16.4. The summed E-state index contributed by atoms with van der Waals surface area (Å²) < 4.78 is 25.0. The van der Waals surface area contributed by atoms with Gasteiger partial charge in [0.25, 0.3) is 0 Å². The molecule has 0 aromatic heterocycles. The van der Waals surface area contributed by atoms with Crippen LogP contribution in [0.3, 0.4) is 0 Å². The molecule has 1 saturated carbocycles. The van der Waals surface area contributed by atoms with E-state index in [4.69, 9.17) is 18.6 Å². The molecule has 152 valence electrons. The Morgan fingerprint density at radius 1 is 0.778 bits per heavy atom. The molecule has 3 aliphatic rings. The molecule has 0 aromatic rings. The van der Waals surface area contributed by atoms with Gasteiger partial charge in [0.1, 0.15) is 0 Å². The standard InChI is InChI=1S/C20H36B2O5/c1-17(2)18(3,4)25-21(24-17)13-15(14-11-9-10-12-16(14)23)22-26-19(5,6)20(7,8)27-22/h13-14,16,23H,9-12H2,1-8H3/b15-13-/t14-,16+/m0/s1. The molecule has 0 aromatic carbocycles. The summed E-state index contributed by atoms with van der Waals surface area (Å²) in [5, 5.41) is 10.7. The second kappa shape index (κ2) is 6.87. The zero-order valence-electron chi connectivity index (χ0n) is 18.3. The van der Waals surface area contributed by atoms with E-state index < -0.39 is 36.6 Å². The molecule has 2 saturated heterocycles. The van der Waals surface area contributed by atoms with E-state index in [1.807, 2.05) is 33.7 Å². The summed E-state index contributed by atoms with van der Waals surface area (Å²) in [5.41, 5.74) is -0.696. The van der Waals surface area contributed by atoms with E-state index in [0.717, 1.165) is 31.2 Å². The van der Waals surface area contributed by atoms with Gasteiger partial charge in [-0.2, -0.15) is 0 Å². The molecule has 0 spiro atoms. The minimum absolute atomic E-state index is 0.00692. The third-order valence-electron chi connectivity index (χ3n) is 7.28. The molecule has 1 aliphatic carbocycles. The molecule has 2 atom stereocenters. The molecule has 0 amide bonds. The maximum Gasteiger partial charge on any atom is 0.489 e. The fraction of sp³-hybridized carbons (Fsp3) is 0.900. The molecular formula is C20H36B2O5. The number of aliphatic hydroxyl groups is 1. The Morgan fingerprint density at radius 3 is 1.70 bits per heavy atom. The molecule has 0 bridgehead atoms. The molecule has 3 fully saturated rings. The van der Waals surface area contributed by atoms with E-state index in [2.05, 4.69) is 27.7 Å². The second-order valence-electron chi connectivity index (χ2n) is 10.3. The van der Waals surface area contributed by atoms with Gasteiger partial charge in [-0.1, -0.05) is 18.8 Å². The van der Waals surface area contributed by atoms with Crippen LogP contribution in [0, 0.1) is 5.92 Å². The normalized spacial score (nSPS) is 34.9. The SMILES string of the molecule is CC1(C)OB(/C=C(\B2OC(C)(C)C(C)(C)O2)[C@@H]2CCCC[C@H]2O)OC1(C)C. The number of hydrogen-bond acceptors (Lipinski definition) is 5. The van der Waals surface area contributed by atoms with Gasteiger partial charge in [0.2, 0.25) is 0 Å². The van der Waals surface area contributed by atoms with Gasteiger partial charge in [0.05, 0.1) is 28.5 Å². The van der Waals surface area contributed by atoms with Crippen LogP contribution in [0.15, 0.2) is 11.4 Å². The van der Waals surface area contributed by atoms with E-state index in [-0.39, 0.29) is 12.0 Å². The number of aliphatic hydroxyl groups excluding tert-OH is 1. The van der Waals surface area contributed by atoms with E-state index in [9.17, 15) is 5.11 Å². The third kappa shape index (κ3) is 3.91. The van der Waals surface area contributed by atoms with Crippen LogP contribution < -0.4 is 0 Å². The second-order valence-corrected chi connectivity index (χ2v) is 10.3. The van der Waals surface area contributed by atoms with Gasteiger partial charge in [-0.05, 0) is 73.7 Å². The van der Waals surface area contributed by atoms with Crippen molar-refractivity contribution < 1.29 is 23.7 Å².